The van der Waals surface area contributed by atoms with Crippen molar-refractivity contribution in [3.63, 3.8) is 0 Å². The molecule has 0 spiro atoms. The zero-order valence-corrected chi connectivity index (χ0v) is 14.6. The van der Waals surface area contributed by atoms with E-state index >= 15 is 0 Å². The summed E-state index contributed by atoms with van der Waals surface area (Å²) in [6.45, 7) is 8.38. The van der Waals surface area contributed by atoms with Gasteiger partial charge in [0.2, 0.25) is 0 Å². The molecule has 6 heteroatoms. The van der Waals surface area contributed by atoms with Crippen LogP contribution in [-0.4, -0.2) is 33.1 Å². The van der Waals surface area contributed by atoms with Gasteiger partial charge in [0, 0.05) is 25.7 Å². The predicted molar refractivity (Wildman–Crippen MR) is 76.4 cm³/mol. The highest BCUT2D eigenvalue weighted by Gasteiger charge is 2.18. The summed E-state index contributed by atoms with van der Waals surface area (Å²) in [5.41, 5.74) is 0. The number of hydrogen-bond donors (Lipinski definition) is 0. The molecule has 0 fully saturated rings. The molecule has 0 aromatic carbocycles. The Labute approximate surface area is 117 Å². The van der Waals surface area contributed by atoms with Crippen LogP contribution in [-0.2, 0) is 13.3 Å². The standard InChI is InChI=1S/C10H22Br2O3Si/c1-4-6-13-16(14-7-5-2)15-8-9(3)10(11)12/h9-10,16H,4-8H2,1-3H3. The van der Waals surface area contributed by atoms with Gasteiger partial charge in [0.25, 0.3) is 0 Å². The average molecular weight is 378 g/mol. The minimum atomic E-state index is -1.91. The lowest BCUT2D eigenvalue weighted by atomic mass is 10.2. The molecule has 0 saturated carbocycles. The van der Waals surface area contributed by atoms with Crippen LogP contribution >= 0.6 is 31.9 Å². The zero-order valence-electron chi connectivity index (χ0n) is 10.2. The maximum Gasteiger partial charge on any atom is 0.484 e. The molecule has 0 bridgehead atoms. The van der Waals surface area contributed by atoms with E-state index < -0.39 is 9.53 Å². The smallest absolute Gasteiger partial charge is 0.376 e. The summed E-state index contributed by atoms with van der Waals surface area (Å²) in [5, 5.41) is 0. The van der Waals surface area contributed by atoms with E-state index in [9.17, 15) is 0 Å². The van der Waals surface area contributed by atoms with E-state index in [0.717, 1.165) is 26.1 Å². The molecule has 0 amide bonds. The summed E-state index contributed by atoms with van der Waals surface area (Å²) in [6, 6.07) is 0. The fourth-order valence-electron chi connectivity index (χ4n) is 0.876. The molecular weight excluding hydrogens is 356 g/mol. The van der Waals surface area contributed by atoms with Gasteiger partial charge in [0.15, 0.2) is 0 Å². The van der Waals surface area contributed by atoms with Crippen LogP contribution in [0.3, 0.4) is 0 Å². The van der Waals surface area contributed by atoms with E-state index in [4.69, 9.17) is 13.3 Å². The Morgan fingerprint density at radius 3 is 1.88 bits per heavy atom. The van der Waals surface area contributed by atoms with Crippen LogP contribution < -0.4 is 0 Å². The van der Waals surface area contributed by atoms with Gasteiger partial charge < -0.3 is 13.3 Å². The minimum Gasteiger partial charge on any atom is -0.376 e. The number of rotatable bonds is 10. The van der Waals surface area contributed by atoms with Gasteiger partial charge in [0.05, 0.1) is 3.74 Å². The summed E-state index contributed by atoms with van der Waals surface area (Å²) in [6.07, 6.45) is 1.99. The van der Waals surface area contributed by atoms with Gasteiger partial charge >= 0.3 is 9.53 Å². The maximum atomic E-state index is 5.70. The van der Waals surface area contributed by atoms with E-state index in [1.54, 1.807) is 0 Å². The number of hydrogen-bond acceptors (Lipinski definition) is 3. The van der Waals surface area contributed by atoms with Crippen molar-refractivity contribution in [2.45, 2.75) is 37.3 Å². The fourth-order valence-corrected chi connectivity index (χ4v) is 2.79. The first-order valence-corrected chi connectivity index (χ1v) is 8.99. The quantitative estimate of drug-likeness (QED) is 0.431. The van der Waals surface area contributed by atoms with Gasteiger partial charge in [0.1, 0.15) is 0 Å². The molecule has 16 heavy (non-hydrogen) atoms. The van der Waals surface area contributed by atoms with Crippen molar-refractivity contribution in [1.82, 2.24) is 0 Å². The van der Waals surface area contributed by atoms with Crippen molar-refractivity contribution in [2.75, 3.05) is 19.8 Å². The first kappa shape index (κ1) is 17.1. The monoisotopic (exact) mass is 376 g/mol. The zero-order chi connectivity index (χ0) is 12.4. The molecule has 0 aromatic heterocycles. The fraction of sp³-hybridized carbons (Fsp3) is 1.00. The van der Waals surface area contributed by atoms with Gasteiger partial charge in [-0.1, -0.05) is 52.6 Å². The SMILES string of the molecule is CCCO[SiH](OCCC)OCC(C)C(Br)Br. The normalized spacial score (nSPS) is 13.7. The van der Waals surface area contributed by atoms with Crippen molar-refractivity contribution in [3.05, 3.63) is 0 Å². The lowest BCUT2D eigenvalue weighted by Gasteiger charge is -2.19. The molecule has 0 aliphatic rings. The van der Waals surface area contributed by atoms with E-state index in [1.807, 2.05) is 0 Å². The molecule has 0 radical (unpaired) electrons. The Balaban J connectivity index is 3.80. The van der Waals surface area contributed by atoms with Crippen molar-refractivity contribution < 1.29 is 13.3 Å². The Hall–Kier alpha value is 1.06. The third-order valence-electron chi connectivity index (χ3n) is 1.84. The third kappa shape index (κ3) is 9.12. The van der Waals surface area contributed by atoms with Gasteiger partial charge in [-0.05, 0) is 12.8 Å². The molecule has 0 N–H and O–H groups in total. The minimum absolute atomic E-state index is 0.270. The highest BCUT2D eigenvalue weighted by Crippen LogP contribution is 2.19. The highest BCUT2D eigenvalue weighted by molar-refractivity contribution is 9.24. The van der Waals surface area contributed by atoms with Crippen molar-refractivity contribution in [3.8, 4) is 0 Å². The Kier molecular flexibility index (Phi) is 11.9. The first-order chi connectivity index (χ1) is 7.61. The summed E-state index contributed by atoms with van der Waals surface area (Å²) in [4.78, 5) is 0. The van der Waals surface area contributed by atoms with E-state index in [2.05, 4.69) is 52.6 Å². The second-order valence-electron chi connectivity index (χ2n) is 3.68. The molecule has 0 aromatic rings. The van der Waals surface area contributed by atoms with Crippen LogP contribution in [0.25, 0.3) is 0 Å². The van der Waals surface area contributed by atoms with Gasteiger partial charge in [-0.2, -0.15) is 0 Å². The summed E-state index contributed by atoms with van der Waals surface area (Å²) in [5.74, 6) is 0.394. The molecule has 0 heterocycles. The second kappa shape index (κ2) is 11.2. The van der Waals surface area contributed by atoms with Crippen molar-refractivity contribution in [1.29, 1.82) is 0 Å². The number of halogens is 2. The lowest BCUT2D eigenvalue weighted by Crippen LogP contribution is -2.30. The van der Waals surface area contributed by atoms with Crippen LogP contribution in [0.5, 0.6) is 0 Å². The Bertz CT molecular complexity index is 153. The van der Waals surface area contributed by atoms with Crippen LogP contribution in [0.1, 0.15) is 33.6 Å². The van der Waals surface area contributed by atoms with E-state index in [-0.39, 0.29) is 3.74 Å². The van der Waals surface area contributed by atoms with Crippen molar-refractivity contribution in [2.24, 2.45) is 5.92 Å². The molecule has 0 rings (SSSR count). The first-order valence-electron chi connectivity index (χ1n) is 5.74. The summed E-state index contributed by atoms with van der Waals surface area (Å²) in [7, 11) is -1.91. The van der Waals surface area contributed by atoms with Crippen molar-refractivity contribution >= 4 is 41.4 Å². The Morgan fingerprint density at radius 2 is 1.50 bits per heavy atom. The molecule has 0 aliphatic heterocycles. The van der Waals surface area contributed by atoms with Crippen LogP contribution in [0.15, 0.2) is 0 Å². The van der Waals surface area contributed by atoms with Crippen LogP contribution in [0, 0.1) is 5.92 Å². The van der Waals surface area contributed by atoms with Crippen LogP contribution in [0.4, 0.5) is 0 Å². The van der Waals surface area contributed by atoms with Crippen LogP contribution in [0.2, 0.25) is 0 Å². The highest BCUT2D eigenvalue weighted by atomic mass is 79.9. The topological polar surface area (TPSA) is 27.7 Å². The van der Waals surface area contributed by atoms with Gasteiger partial charge in [-0.3, -0.25) is 0 Å². The molecule has 0 aliphatic carbocycles. The van der Waals surface area contributed by atoms with E-state index in [0.29, 0.717) is 12.5 Å². The second-order valence-corrected chi connectivity index (χ2v) is 8.45. The maximum absolute atomic E-state index is 5.70. The molecule has 0 saturated heterocycles. The summed E-state index contributed by atoms with van der Waals surface area (Å²) >= 11 is 6.93. The predicted octanol–water partition coefficient (Wildman–Crippen LogP) is 3.33. The Morgan fingerprint density at radius 1 is 1.00 bits per heavy atom. The molecule has 1 unspecified atom stereocenters. The summed E-state index contributed by atoms with van der Waals surface area (Å²) < 4.78 is 17.1. The molecule has 1 atom stereocenters. The molecule has 98 valence electrons. The van der Waals surface area contributed by atoms with Gasteiger partial charge in [-0.15, -0.1) is 0 Å². The third-order valence-corrected chi connectivity index (χ3v) is 5.13. The average Bonchev–Trinajstić information content (AvgIpc) is 2.27. The van der Waals surface area contributed by atoms with Gasteiger partial charge in [-0.25, -0.2) is 0 Å². The van der Waals surface area contributed by atoms with E-state index in [1.165, 1.54) is 0 Å². The number of alkyl halides is 2. The molecule has 3 nitrogen and oxygen atoms in total. The largest absolute Gasteiger partial charge is 0.484 e. The lowest BCUT2D eigenvalue weighted by molar-refractivity contribution is 0.0841. The molecular formula is C10H22Br2O3Si.